The molecule has 1 unspecified atom stereocenters. The van der Waals surface area contributed by atoms with E-state index >= 15 is 0 Å². The molecule has 3 heteroatoms. The van der Waals surface area contributed by atoms with Crippen LogP contribution >= 0.6 is 23.5 Å². The van der Waals surface area contributed by atoms with Gasteiger partial charge in [-0.3, -0.25) is 0 Å². The van der Waals surface area contributed by atoms with Gasteiger partial charge in [-0.2, -0.15) is 0 Å². The smallest absolute Gasteiger partial charge is 0.143 e. The van der Waals surface area contributed by atoms with Crippen LogP contribution in [0.4, 0.5) is 0 Å². The molecule has 3 aromatic carbocycles. The molecule has 0 fully saturated rings. The first-order valence-corrected chi connectivity index (χ1v) is 13.9. The molecule has 1 atom stereocenters. The van der Waals surface area contributed by atoms with Gasteiger partial charge in [-0.05, 0) is 26.5 Å². The second kappa shape index (κ2) is 9.21. The molecule has 0 N–H and O–H groups in total. The van der Waals surface area contributed by atoms with E-state index in [9.17, 15) is 0 Å². The summed E-state index contributed by atoms with van der Waals surface area (Å²) in [6.07, 6.45) is 5.05. The zero-order valence-electron chi connectivity index (χ0n) is 16.3. The third kappa shape index (κ3) is 3.76. The number of hydrogen-bond acceptors (Lipinski definition) is 2. The van der Waals surface area contributed by atoms with Gasteiger partial charge in [0.1, 0.15) is 0 Å². The maximum Gasteiger partial charge on any atom is 0.186 e. The van der Waals surface area contributed by atoms with Gasteiger partial charge in [0, 0.05) is 5.75 Å². The standard InChI is InChI=1S/C25H26S2Si/c1-2-12-24-26-20-19-25(27-24)28(21-13-6-3-7-14-21,22-15-8-4-9-16-22)23-17-10-5-11-18-23/h3-11,13-19,24H,2,12,20H2,1H3. The van der Waals surface area contributed by atoms with Gasteiger partial charge in [0.15, 0.2) is 8.07 Å². The molecule has 0 spiro atoms. The van der Waals surface area contributed by atoms with E-state index in [2.05, 4.69) is 128 Å². The van der Waals surface area contributed by atoms with Crippen molar-refractivity contribution in [1.82, 2.24) is 0 Å². The van der Waals surface area contributed by atoms with Crippen molar-refractivity contribution < 1.29 is 0 Å². The molecule has 0 nitrogen and oxygen atoms in total. The minimum atomic E-state index is -2.28. The highest BCUT2D eigenvalue weighted by Gasteiger charge is 2.44. The van der Waals surface area contributed by atoms with E-state index < -0.39 is 8.07 Å². The monoisotopic (exact) mass is 418 g/mol. The lowest BCUT2D eigenvalue weighted by Gasteiger charge is -2.38. The molecule has 1 heterocycles. The lowest BCUT2D eigenvalue weighted by Crippen LogP contribution is -2.68. The Morgan fingerprint density at radius 1 is 0.750 bits per heavy atom. The quantitative estimate of drug-likeness (QED) is 0.399. The molecule has 0 amide bonds. The predicted octanol–water partition coefficient (Wildman–Crippen LogP) is 5.19. The summed E-state index contributed by atoms with van der Waals surface area (Å²) >= 11 is 4.24. The lowest BCUT2D eigenvalue weighted by molar-refractivity contribution is 0.871. The van der Waals surface area contributed by atoms with Gasteiger partial charge in [0.25, 0.3) is 0 Å². The molecular formula is C25H26S2Si. The van der Waals surface area contributed by atoms with Gasteiger partial charge in [-0.15, -0.1) is 23.5 Å². The van der Waals surface area contributed by atoms with Gasteiger partial charge >= 0.3 is 0 Å². The van der Waals surface area contributed by atoms with Crippen molar-refractivity contribution in [2.75, 3.05) is 5.75 Å². The number of benzene rings is 3. The Morgan fingerprint density at radius 3 is 1.64 bits per heavy atom. The normalized spacial score (nSPS) is 17.2. The Labute approximate surface area is 178 Å². The fraction of sp³-hybridized carbons (Fsp3) is 0.200. The molecule has 1 aliphatic rings. The van der Waals surface area contributed by atoms with Crippen molar-refractivity contribution >= 4 is 47.2 Å². The summed E-state index contributed by atoms with van der Waals surface area (Å²) in [5, 5.41) is 4.44. The Bertz CT molecular complexity index is 810. The topological polar surface area (TPSA) is 0 Å². The fourth-order valence-electron chi connectivity index (χ4n) is 4.07. The largest absolute Gasteiger partial charge is 0.186 e. The summed E-state index contributed by atoms with van der Waals surface area (Å²) in [5.74, 6) is 1.12. The minimum Gasteiger partial charge on any atom is -0.143 e. The van der Waals surface area contributed by atoms with E-state index in [-0.39, 0.29) is 0 Å². The van der Waals surface area contributed by atoms with E-state index in [0.717, 1.165) is 5.75 Å². The van der Waals surface area contributed by atoms with E-state index in [1.54, 1.807) is 4.53 Å². The lowest BCUT2D eigenvalue weighted by atomic mass is 10.3. The van der Waals surface area contributed by atoms with E-state index in [1.165, 1.54) is 28.4 Å². The van der Waals surface area contributed by atoms with Gasteiger partial charge in [0.2, 0.25) is 0 Å². The molecule has 0 bridgehead atoms. The Kier molecular flexibility index (Phi) is 6.46. The summed E-state index contributed by atoms with van der Waals surface area (Å²) < 4.78 is 2.27. The van der Waals surface area contributed by atoms with E-state index in [1.807, 2.05) is 0 Å². The fourth-order valence-corrected chi connectivity index (χ4v) is 13.6. The molecule has 1 aliphatic heterocycles. The maximum atomic E-state index is 2.53. The van der Waals surface area contributed by atoms with Crippen LogP contribution in [0.5, 0.6) is 0 Å². The molecule has 28 heavy (non-hydrogen) atoms. The third-order valence-electron chi connectivity index (χ3n) is 5.32. The summed E-state index contributed by atoms with van der Waals surface area (Å²) in [5.41, 5.74) is 0. The van der Waals surface area contributed by atoms with Crippen LogP contribution in [0.2, 0.25) is 0 Å². The number of hydrogen-bond donors (Lipinski definition) is 0. The van der Waals surface area contributed by atoms with Gasteiger partial charge in [-0.25, -0.2) is 0 Å². The summed E-state index contributed by atoms with van der Waals surface area (Å²) in [7, 11) is -2.28. The Hall–Kier alpha value is -1.68. The van der Waals surface area contributed by atoms with Crippen LogP contribution in [0.1, 0.15) is 19.8 Å². The second-order valence-corrected chi connectivity index (χ2v) is 14.0. The number of rotatable bonds is 6. The third-order valence-corrected chi connectivity index (χ3v) is 13.7. The van der Waals surface area contributed by atoms with Gasteiger partial charge in [-0.1, -0.05) is 110 Å². The summed E-state index contributed by atoms with van der Waals surface area (Å²) in [4.78, 5) is 0. The average molecular weight is 419 g/mol. The molecule has 3 aromatic rings. The van der Waals surface area contributed by atoms with Crippen LogP contribution in [-0.4, -0.2) is 18.4 Å². The van der Waals surface area contributed by atoms with Gasteiger partial charge < -0.3 is 0 Å². The molecule has 0 saturated heterocycles. The van der Waals surface area contributed by atoms with Crippen LogP contribution in [0.25, 0.3) is 0 Å². The second-order valence-electron chi connectivity index (χ2n) is 7.09. The highest BCUT2D eigenvalue weighted by molar-refractivity contribution is 8.20. The van der Waals surface area contributed by atoms with Crippen LogP contribution in [0.15, 0.2) is 102 Å². The van der Waals surface area contributed by atoms with E-state index in [0.29, 0.717) is 4.58 Å². The molecule has 0 radical (unpaired) electrons. The zero-order valence-corrected chi connectivity index (χ0v) is 18.9. The molecule has 0 saturated carbocycles. The van der Waals surface area contributed by atoms with Crippen LogP contribution in [-0.2, 0) is 0 Å². The minimum absolute atomic E-state index is 0.660. The Morgan fingerprint density at radius 2 is 1.21 bits per heavy atom. The van der Waals surface area contributed by atoms with E-state index in [4.69, 9.17) is 0 Å². The van der Waals surface area contributed by atoms with Crippen molar-refractivity contribution in [3.8, 4) is 0 Å². The SMILES string of the molecule is CCCC1SCC=C([Si](c2ccccc2)(c2ccccc2)c2ccccc2)S1. The highest BCUT2D eigenvalue weighted by Crippen LogP contribution is 2.41. The Balaban J connectivity index is 1.98. The van der Waals surface area contributed by atoms with Crippen molar-refractivity contribution in [2.24, 2.45) is 0 Å². The van der Waals surface area contributed by atoms with Crippen molar-refractivity contribution in [3.05, 3.63) is 102 Å². The molecule has 4 rings (SSSR count). The van der Waals surface area contributed by atoms with Crippen molar-refractivity contribution in [1.29, 1.82) is 0 Å². The zero-order chi connectivity index (χ0) is 19.2. The first-order valence-electron chi connectivity index (χ1n) is 10.0. The first kappa shape index (κ1) is 19.6. The summed E-state index contributed by atoms with van der Waals surface area (Å²) in [6, 6.07) is 33.7. The average Bonchev–Trinajstić information content (AvgIpc) is 2.77. The first-order chi connectivity index (χ1) is 13.9. The van der Waals surface area contributed by atoms with Crippen molar-refractivity contribution in [2.45, 2.75) is 24.3 Å². The highest BCUT2D eigenvalue weighted by atomic mass is 32.2. The van der Waals surface area contributed by atoms with Crippen LogP contribution in [0.3, 0.4) is 0 Å². The van der Waals surface area contributed by atoms with Gasteiger partial charge in [0.05, 0.1) is 4.58 Å². The van der Waals surface area contributed by atoms with Crippen LogP contribution < -0.4 is 15.6 Å². The maximum absolute atomic E-state index is 2.53. The molecule has 0 aliphatic carbocycles. The number of thioether (sulfide) groups is 2. The molecular weight excluding hydrogens is 392 g/mol. The van der Waals surface area contributed by atoms with Crippen molar-refractivity contribution in [3.63, 3.8) is 0 Å². The molecule has 142 valence electrons. The van der Waals surface area contributed by atoms with Crippen LogP contribution in [0, 0.1) is 0 Å². The predicted molar refractivity (Wildman–Crippen MR) is 131 cm³/mol. The molecule has 0 aromatic heterocycles. The summed E-state index contributed by atoms with van der Waals surface area (Å²) in [6.45, 7) is 2.30.